The highest BCUT2D eigenvalue weighted by atomic mass is 16.5. The lowest BCUT2D eigenvalue weighted by Crippen LogP contribution is -2.05. The summed E-state index contributed by atoms with van der Waals surface area (Å²) in [5, 5.41) is 0. The smallest absolute Gasteiger partial charge is 0.358 e. The number of carbonyl (C=O) groups is 1. The molecule has 1 aromatic heterocycles. The predicted octanol–water partition coefficient (Wildman–Crippen LogP) is 2.67. The Labute approximate surface area is 106 Å². The van der Waals surface area contributed by atoms with Gasteiger partial charge in [-0.05, 0) is 31.9 Å². The molecule has 0 bridgehead atoms. The summed E-state index contributed by atoms with van der Waals surface area (Å²) in [7, 11) is 0. The predicted molar refractivity (Wildman–Crippen MR) is 69.0 cm³/mol. The normalized spacial score (nSPS) is 10.4. The minimum atomic E-state index is -0.387. The van der Waals surface area contributed by atoms with Crippen LogP contribution in [0, 0.1) is 13.8 Å². The van der Waals surface area contributed by atoms with Gasteiger partial charge >= 0.3 is 5.97 Å². The first-order valence-electron chi connectivity index (χ1n) is 5.91. The minimum absolute atomic E-state index is 0.333. The number of imidazole rings is 1. The number of rotatable bonds is 3. The van der Waals surface area contributed by atoms with E-state index >= 15 is 0 Å². The Bertz CT molecular complexity index is 553. The van der Waals surface area contributed by atoms with Crippen molar-refractivity contribution in [1.29, 1.82) is 0 Å². The van der Waals surface area contributed by atoms with E-state index in [0.29, 0.717) is 12.3 Å². The van der Waals surface area contributed by atoms with E-state index in [1.165, 1.54) is 0 Å². The van der Waals surface area contributed by atoms with Crippen LogP contribution in [0.1, 0.15) is 28.5 Å². The molecule has 2 rings (SSSR count). The standard InChI is InChI=1S/C14H16N2O2/c1-4-18-14(17)12-8-16(9-15-12)13-10(2)6-5-7-11(13)3/h5-9H,4H2,1-3H3. The van der Waals surface area contributed by atoms with Crippen LogP contribution >= 0.6 is 0 Å². The highest BCUT2D eigenvalue weighted by Gasteiger charge is 2.12. The molecule has 0 fully saturated rings. The molecule has 0 amide bonds. The number of aromatic nitrogens is 2. The van der Waals surface area contributed by atoms with E-state index in [-0.39, 0.29) is 5.97 Å². The van der Waals surface area contributed by atoms with E-state index < -0.39 is 0 Å². The molecular weight excluding hydrogens is 228 g/mol. The first-order chi connectivity index (χ1) is 8.63. The Morgan fingerprint density at radius 1 is 1.33 bits per heavy atom. The number of esters is 1. The molecule has 0 radical (unpaired) electrons. The Hall–Kier alpha value is -2.10. The van der Waals surface area contributed by atoms with E-state index in [2.05, 4.69) is 4.98 Å². The van der Waals surface area contributed by atoms with Crippen LogP contribution in [0.25, 0.3) is 5.69 Å². The van der Waals surface area contributed by atoms with Gasteiger partial charge in [0.25, 0.3) is 0 Å². The molecule has 0 aliphatic rings. The summed E-state index contributed by atoms with van der Waals surface area (Å²) in [6.07, 6.45) is 3.34. The van der Waals surface area contributed by atoms with Gasteiger partial charge in [-0.25, -0.2) is 9.78 Å². The summed E-state index contributed by atoms with van der Waals surface area (Å²) in [6.45, 7) is 6.20. The van der Waals surface area contributed by atoms with Crippen LogP contribution in [0.15, 0.2) is 30.7 Å². The van der Waals surface area contributed by atoms with Crippen molar-refractivity contribution in [2.45, 2.75) is 20.8 Å². The van der Waals surface area contributed by atoms with Gasteiger partial charge in [0, 0.05) is 6.20 Å². The van der Waals surface area contributed by atoms with E-state index in [1.807, 2.05) is 36.6 Å². The van der Waals surface area contributed by atoms with Crippen molar-refractivity contribution in [1.82, 2.24) is 9.55 Å². The summed E-state index contributed by atoms with van der Waals surface area (Å²) < 4.78 is 6.78. The molecule has 0 unspecified atom stereocenters. The fourth-order valence-electron chi connectivity index (χ4n) is 1.97. The third kappa shape index (κ3) is 2.27. The molecule has 94 valence electrons. The Balaban J connectivity index is 2.38. The van der Waals surface area contributed by atoms with Crippen molar-refractivity contribution in [3.05, 3.63) is 47.5 Å². The monoisotopic (exact) mass is 244 g/mol. The number of ether oxygens (including phenoxy) is 1. The van der Waals surface area contributed by atoms with Crippen LogP contribution in [0.4, 0.5) is 0 Å². The number of nitrogens with zero attached hydrogens (tertiary/aromatic N) is 2. The van der Waals surface area contributed by atoms with Crippen LogP contribution in [0.3, 0.4) is 0 Å². The number of para-hydroxylation sites is 1. The van der Waals surface area contributed by atoms with E-state index in [1.54, 1.807) is 19.4 Å². The Morgan fingerprint density at radius 3 is 2.61 bits per heavy atom. The molecule has 1 aromatic carbocycles. The molecule has 0 N–H and O–H groups in total. The van der Waals surface area contributed by atoms with Gasteiger partial charge < -0.3 is 9.30 Å². The molecule has 0 saturated carbocycles. The van der Waals surface area contributed by atoms with Gasteiger partial charge in [0.2, 0.25) is 0 Å². The second-order valence-corrected chi connectivity index (χ2v) is 4.13. The van der Waals surface area contributed by atoms with Crippen LogP contribution in [0.2, 0.25) is 0 Å². The molecule has 2 aromatic rings. The van der Waals surface area contributed by atoms with Gasteiger partial charge in [0.15, 0.2) is 5.69 Å². The van der Waals surface area contributed by atoms with Gasteiger partial charge in [-0.1, -0.05) is 18.2 Å². The van der Waals surface area contributed by atoms with Crippen LogP contribution in [-0.2, 0) is 4.74 Å². The van der Waals surface area contributed by atoms with Crippen LogP contribution in [-0.4, -0.2) is 22.1 Å². The second-order valence-electron chi connectivity index (χ2n) is 4.13. The molecule has 0 saturated heterocycles. The fraction of sp³-hybridized carbons (Fsp3) is 0.286. The number of hydrogen-bond donors (Lipinski definition) is 0. The number of aryl methyl sites for hydroxylation is 2. The quantitative estimate of drug-likeness (QED) is 0.780. The van der Waals surface area contributed by atoms with E-state index in [9.17, 15) is 4.79 Å². The lowest BCUT2D eigenvalue weighted by Gasteiger charge is -2.09. The molecule has 1 heterocycles. The van der Waals surface area contributed by atoms with Gasteiger partial charge in [-0.2, -0.15) is 0 Å². The average molecular weight is 244 g/mol. The number of hydrogen-bond acceptors (Lipinski definition) is 3. The maximum Gasteiger partial charge on any atom is 0.358 e. The van der Waals surface area contributed by atoms with Crippen molar-refractivity contribution in [3.63, 3.8) is 0 Å². The third-order valence-electron chi connectivity index (χ3n) is 2.76. The minimum Gasteiger partial charge on any atom is -0.461 e. The summed E-state index contributed by atoms with van der Waals surface area (Å²) in [6, 6.07) is 6.08. The summed E-state index contributed by atoms with van der Waals surface area (Å²) in [5.41, 5.74) is 3.67. The first-order valence-corrected chi connectivity index (χ1v) is 5.91. The van der Waals surface area contributed by atoms with E-state index in [0.717, 1.165) is 16.8 Å². The average Bonchev–Trinajstić information content (AvgIpc) is 2.78. The maximum atomic E-state index is 11.6. The van der Waals surface area contributed by atoms with Crippen molar-refractivity contribution >= 4 is 5.97 Å². The lowest BCUT2D eigenvalue weighted by molar-refractivity contribution is 0.0520. The molecule has 4 heteroatoms. The van der Waals surface area contributed by atoms with Gasteiger partial charge in [-0.15, -0.1) is 0 Å². The number of benzene rings is 1. The molecular formula is C14H16N2O2. The highest BCUT2D eigenvalue weighted by Crippen LogP contribution is 2.18. The molecule has 0 aliphatic heterocycles. The molecule has 0 spiro atoms. The zero-order valence-corrected chi connectivity index (χ0v) is 10.8. The number of carbonyl (C=O) groups excluding carboxylic acids is 1. The molecule has 0 atom stereocenters. The van der Waals surface area contributed by atoms with Crippen molar-refractivity contribution < 1.29 is 9.53 Å². The molecule has 18 heavy (non-hydrogen) atoms. The summed E-state index contributed by atoms with van der Waals surface area (Å²) in [4.78, 5) is 15.6. The highest BCUT2D eigenvalue weighted by molar-refractivity contribution is 5.87. The molecule has 0 aliphatic carbocycles. The second kappa shape index (κ2) is 5.04. The Morgan fingerprint density at radius 2 is 2.00 bits per heavy atom. The van der Waals surface area contributed by atoms with Crippen molar-refractivity contribution in [2.24, 2.45) is 0 Å². The van der Waals surface area contributed by atoms with Gasteiger partial charge in [0.05, 0.1) is 12.3 Å². The van der Waals surface area contributed by atoms with Crippen molar-refractivity contribution in [2.75, 3.05) is 6.61 Å². The third-order valence-corrected chi connectivity index (χ3v) is 2.76. The SMILES string of the molecule is CCOC(=O)c1cn(-c2c(C)cccc2C)cn1. The van der Waals surface area contributed by atoms with Crippen LogP contribution in [0.5, 0.6) is 0 Å². The zero-order valence-electron chi connectivity index (χ0n) is 10.8. The summed E-state index contributed by atoms with van der Waals surface area (Å²) in [5.74, 6) is -0.387. The van der Waals surface area contributed by atoms with Crippen LogP contribution < -0.4 is 0 Å². The fourth-order valence-corrected chi connectivity index (χ4v) is 1.97. The van der Waals surface area contributed by atoms with Crippen molar-refractivity contribution in [3.8, 4) is 5.69 Å². The Kier molecular flexibility index (Phi) is 3.46. The first kappa shape index (κ1) is 12.4. The largest absolute Gasteiger partial charge is 0.461 e. The zero-order chi connectivity index (χ0) is 13.1. The maximum absolute atomic E-state index is 11.6. The molecule has 4 nitrogen and oxygen atoms in total. The summed E-state index contributed by atoms with van der Waals surface area (Å²) >= 11 is 0. The van der Waals surface area contributed by atoms with E-state index in [4.69, 9.17) is 4.74 Å². The van der Waals surface area contributed by atoms with Gasteiger partial charge in [-0.3, -0.25) is 0 Å². The lowest BCUT2D eigenvalue weighted by atomic mass is 10.1. The van der Waals surface area contributed by atoms with Gasteiger partial charge in [0.1, 0.15) is 6.33 Å². The topological polar surface area (TPSA) is 44.1 Å².